The lowest BCUT2D eigenvalue weighted by Crippen LogP contribution is -2.36. The van der Waals surface area contributed by atoms with E-state index in [2.05, 4.69) is 26.1 Å². The molecule has 0 amide bonds. The van der Waals surface area contributed by atoms with Crippen LogP contribution in [0.3, 0.4) is 0 Å². The van der Waals surface area contributed by atoms with Gasteiger partial charge in [0.25, 0.3) is 0 Å². The molecule has 2 heteroatoms. The van der Waals surface area contributed by atoms with Crippen LogP contribution in [0.25, 0.3) is 0 Å². The summed E-state index contributed by atoms with van der Waals surface area (Å²) < 4.78 is 0. The van der Waals surface area contributed by atoms with Gasteiger partial charge in [-0.25, -0.2) is 0 Å². The zero-order valence-electron chi connectivity index (χ0n) is 8.35. The van der Waals surface area contributed by atoms with Crippen LogP contribution < -0.4 is 5.32 Å². The first-order chi connectivity index (χ1) is 5.59. The Labute approximate surface area is 75.3 Å². The maximum Gasteiger partial charge on any atom is 0.0936 e. The number of rotatable bonds is 1. The fourth-order valence-electron chi connectivity index (χ4n) is 1.77. The van der Waals surface area contributed by atoms with Crippen LogP contribution in [-0.4, -0.2) is 11.9 Å². The first-order valence-corrected chi connectivity index (χ1v) is 4.93. The first-order valence-electron chi connectivity index (χ1n) is 4.93. The molecule has 1 heterocycles. The Morgan fingerprint density at radius 2 is 2.08 bits per heavy atom. The van der Waals surface area contributed by atoms with Gasteiger partial charge >= 0.3 is 0 Å². The zero-order valence-corrected chi connectivity index (χ0v) is 8.35. The molecule has 70 valence electrons. The summed E-state index contributed by atoms with van der Waals surface area (Å²) in [5.74, 6) is 2.07. The second-order valence-corrected chi connectivity index (χ2v) is 4.36. The molecule has 1 fully saturated rings. The van der Waals surface area contributed by atoms with Crippen molar-refractivity contribution in [3.8, 4) is 0 Å². The van der Waals surface area contributed by atoms with Crippen molar-refractivity contribution in [2.24, 2.45) is 11.8 Å². The summed E-state index contributed by atoms with van der Waals surface area (Å²) in [7, 11) is 0. The summed E-state index contributed by atoms with van der Waals surface area (Å²) in [6.45, 7) is 6.68. The van der Waals surface area contributed by atoms with Gasteiger partial charge in [-0.3, -0.25) is 5.41 Å². The highest BCUT2D eigenvalue weighted by atomic mass is 15.0. The molecular weight excluding hydrogens is 148 g/mol. The summed E-state index contributed by atoms with van der Waals surface area (Å²) >= 11 is 0. The van der Waals surface area contributed by atoms with Gasteiger partial charge in [0.2, 0.25) is 0 Å². The summed E-state index contributed by atoms with van der Waals surface area (Å²) in [5, 5.41) is 11.0. The van der Waals surface area contributed by atoms with Crippen LogP contribution in [0.2, 0.25) is 0 Å². The van der Waals surface area contributed by atoms with E-state index in [4.69, 9.17) is 5.41 Å². The smallest absolute Gasteiger partial charge is 0.0936 e. The van der Waals surface area contributed by atoms with Gasteiger partial charge < -0.3 is 5.32 Å². The van der Waals surface area contributed by atoms with E-state index in [1.54, 1.807) is 0 Å². The van der Waals surface area contributed by atoms with E-state index < -0.39 is 0 Å². The van der Waals surface area contributed by atoms with Crippen molar-refractivity contribution in [3.63, 3.8) is 0 Å². The fraction of sp³-hybridized carbons (Fsp3) is 0.900. The summed E-state index contributed by atoms with van der Waals surface area (Å²) in [4.78, 5) is 0. The van der Waals surface area contributed by atoms with Crippen molar-refractivity contribution in [2.75, 3.05) is 0 Å². The third kappa shape index (κ3) is 2.50. The van der Waals surface area contributed by atoms with Crippen molar-refractivity contribution in [1.82, 2.24) is 5.32 Å². The molecule has 0 aliphatic carbocycles. The maximum absolute atomic E-state index is 7.67. The molecule has 0 radical (unpaired) electrons. The molecule has 0 bridgehead atoms. The van der Waals surface area contributed by atoms with E-state index in [0.29, 0.717) is 17.9 Å². The standard InChI is InChI=1S/C10H20N2/c1-7(2)9-5-4-8(3)6-10(11)12-9/h7-9H,4-6H2,1-3H3,(H2,11,12)/t8-,9+/m1/s1. The molecule has 1 aliphatic heterocycles. The molecule has 0 aromatic rings. The van der Waals surface area contributed by atoms with Crippen LogP contribution in [0.1, 0.15) is 40.0 Å². The molecular formula is C10H20N2. The minimum absolute atomic E-state index is 0.530. The maximum atomic E-state index is 7.67. The highest BCUT2D eigenvalue weighted by Gasteiger charge is 2.20. The van der Waals surface area contributed by atoms with Gasteiger partial charge in [0, 0.05) is 12.5 Å². The lowest BCUT2D eigenvalue weighted by atomic mass is 9.96. The van der Waals surface area contributed by atoms with Crippen molar-refractivity contribution < 1.29 is 0 Å². The third-order valence-corrected chi connectivity index (χ3v) is 2.69. The average molecular weight is 168 g/mol. The molecule has 0 saturated carbocycles. The Hall–Kier alpha value is -0.530. The topological polar surface area (TPSA) is 35.9 Å². The summed E-state index contributed by atoms with van der Waals surface area (Å²) in [6, 6.07) is 0.530. The molecule has 0 spiro atoms. The van der Waals surface area contributed by atoms with Crippen LogP contribution >= 0.6 is 0 Å². The van der Waals surface area contributed by atoms with E-state index in [1.807, 2.05) is 0 Å². The molecule has 0 unspecified atom stereocenters. The monoisotopic (exact) mass is 168 g/mol. The minimum Gasteiger partial charge on any atom is -0.371 e. The highest BCUT2D eigenvalue weighted by molar-refractivity contribution is 5.79. The highest BCUT2D eigenvalue weighted by Crippen LogP contribution is 2.19. The van der Waals surface area contributed by atoms with Crippen molar-refractivity contribution in [3.05, 3.63) is 0 Å². The van der Waals surface area contributed by atoms with Gasteiger partial charge in [-0.05, 0) is 24.7 Å². The normalized spacial score (nSPS) is 31.5. The Bertz CT molecular complexity index is 163. The molecule has 1 rings (SSSR count). The minimum atomic E-state index is 0.530. The van der Waals surface area contributed by atoms with Crippen LogP contribution in [-0.2, 0) is 0 Å². The van der Waals surface area contributed by atoms with E-state index in [1.165, 1.54) is 12.8 Å². The second-order valence-electron chi connectivity index (χ2n) is 4.36. The second kappa shape index (κ2) is 3.92. The largest absolute Gasteiger partial charge is 0.371 e. The molecule has 1 aliphatic rings. The van der Waals surface area contributed by atoms with Crippen molar-refractivity contribution >= 4 is 5.84 Å². The van der Waals surface area contributed by atoms with Gasteiger partial charge in [0.05, 0.1) is 5.84 Å². The predicted octanol–water partition coefficient (Wildman–Crippen LogP) is 2.40. The Balaban J connectivity index is 2.52. The van der Waals surface area contributed by atoms with Crippen LogP contribution in [0, 0.1) is 17.2 Å². The lowest BCUT2D eigenvalue weighted by Gasteiger charge is -2.20. The average Bonchev–Trinajstić information content (AvgIpc) is 2.11. The SMILES string of the molecule is CC(C)[C@@H]1CC[C@@H](C)CC(=N)N1. The lowest BCUT2D eigenvalue weighted by molar-refractivity contribution is 0.406. The molecule has 12 heavy (non-hydrogen) atoms. The molecule has 1 saturated heterocycles. The molecule has 0 aromatic heterocycles. The Morgan fingerprint density at radius 3 is 2.67 bits per heavy atom. The van der Waals surface area contributed by atoms with Crippen LogP contribution in [0.15, 0.2) is 0 Å². The fourth-order valence-corrected chi connectivity index (χ4v) is 1.77. The van der Waals surface area contributed by atoms with Crippen LogP contribution in [0.5, 0.6) is 0 Å². The third-order valence-electron chi connectivity index (χ3n) is 2.69. The number of nitrogens with one attached hydrogen (secondary N) is 2. The quantitative estimate of drug-likeness (QED) is 0.619. The summed E-state index contributed by atoms with van der Waals surface area (Å²) in [5.41, 5.74) is 0. The number of amidine groups is 1. The van der Waals surface area contributed by atoms with Crippen molar-refractivity contribution in [1.29, 1.82) is 5.41 Å². The molecule has 2 nitrogen and oxygen atoms in total. The van der Waals surface area contributed by atoms with Gasteiger partial charge in [-0.15, -0.1) is 0 Å². The first kappa shape index (κ1) is 9.56. The molecule has 2 N–H and O–H groups in total. The van der Waals surface area contributed by atoms with Crippen LogP contribution in [0.4, 0.5) is 0 Å². The predicted molar refractivity (Wildman–Crippen MR) is 52.5 cm³/mol. The Morgan fingerprint density at radius 1 is 1.42 bits per heavy atom. The van der Waals surface area contributed by atoms with Gasteiger partial charge in [0.15, 0.2) is 0 Å². The number of hydrogen-bond acceptors (Lipinski definition) is 1. The van der Waals surface area contributed by atoms with E-state index in [9.17, 15) is 0 Å². The molecule has 0 aromatic carbocycles. The van der Waals surface area contributed by atoms with Gasteiger partial charge in [0.1, 0.15) is 0 Å². The van der Waals surface area contributed by atoms with Gasteiger partial charge in [-0.1, -0.05) is 20.8 Å². The van der Waals surface area contributed by atoms with E-state index >= 15 is 0 Å². The number of hydrogen-bond donors (Lipinski definition) is 2. The summed E-state index contributed by atoms with van der Waals surface area (Å²) in [6.07, 6.45) is 3.42. The zero-order chi connectivity index (χ0) is 9.14. The Kier molecular flexibility index (Phi) is 3.12. The van der Waals surface area contributed by atoms with E-state index in [0.717, 1.165) is 12.3 Å². The van der Waals surface area contributed by atoms with Crippen molar-refractivity contribution in [2.45, 2.75) is 46.1 Å². The van der Waals surface area contributed by atoms with Gasteiger partial charge in [-0.2, -0.15) is 0 Å². The molecule has 2 atom stereocenters. The van der Waals surface area contributed by atoms with E-state index in [-0.39, 0.29) is 0 Å².